The summed E-state index contributed by atoms with van der Waals surface area (Å²) in [6.07, 6.45) is 0.225. The Kier molecular flexibility index (Phi) is 6.29. The highest BCUT2D eigenvalue weighted by Crippen LogP contribution is 2.21. The molecule has 0 saturated heterocycles. The summed E-state index contributed by atoms with van der Waals surface area (Å²) >= 11 is 0. The van der Waals surface area contributed by atoms with Gasteiger partial charge in [-0.1, -0.05) is 5.98 Å². The van der Waals surface area contributed by atoms with E-state index in [0.29, 0.717) is 0 Å². The molecule has 0 N–H and O–H groups in total. The molecule has 0 heterocycles. The first-order chi connectivity index (χ1) is 13.4. The third-order valence-electron chi connectivity index (χ3n) is 3.61. The second-order valence-electron chi connectivity index (χ2n) is 5.38. The second kappa shape index (κ2) is 8.17. The summed E-state index contributed by atoms with van der Waals surface area (Å²) in [6, 6.07) is 0. The molecule has 29 heavy (non-hydrogen) atoms. The maximum Gasteiger partial charge on any atom is 0.307 e. The Hall–Kier alpha value is -2.99. The van der Waals surface area contributed by atoms with Crippen LogP contribution >= 0.6 is 0 Å². The molecule has 0 spiro atoms. The molecule has 0 bridgehead atoms. The molecule has 0 amide bonds. The zero-order chi connectivity index (χ0) is 22.2. The van der Waals surface area contributed by atoms with Crippen LogP contribution in [0.15, 0.2) is 12.2 Å². The first-order valence-corrected chi connectivity index (χ1v) is 7.28. The molecular weight excluding hydrogens is 425 g/mol. The van der Waals surface area contributed by atoms with E-state index in [1.165, 1.54) is 0 Å². The predicted molar refractivity (Wildman–Crippen MR) is 78.4 cm³/mol. The number of carbonyl (C=O) groups excluding carboxylic acids is 1. The van der Waals surface area contributed by atoms with Crippen molar-refractivity contribution in [1.29, 1.82) is 0 Å². The lowest BCUT2D eigenvalue weighted by Crippen LogP contribution is -2.49. The van der Waals surface area contributed by atoms with Crippen LogP contribution in [0.4, 0.5) is 43.9 Å². The van der Waals surface area contributed by atoms with E-state index in [9.17, 15) is 48.7 Å². The quantitative estimate of drug-likeness (QED) is 0.186. The molecule has 2 aromatic carbocycles. The van der Waals surface area contributed by atoms with Crippen molar-refractivity contribution in [3.05, 3.63) is 70.4 Å². The second-order valence-corrected chi connectivity index (χ2v) is 5.38. The van der Waals surface area contributed by atoms with Gasteiger partial charge in [-0.15, -0.1) is 0 Å². The van der Waals surface area contributed by atoms with Gasteiger partial charge in [0.05, 0.1) is 6.26 Å². The average Bonchev–Trinajstić information content (AvgIpc) is 2.67. The van der Waals surface area contributed by atoms with Gasteiger partial charge < -0.3 is 4.74 Å². The normalized spacial score (nSPS) is 11.3. The van der Waals surface area contributed by atoms with Crippen LogP contribution in [0.3, 0.4) is 0 Å². The molecule has 0 radical (unpaired) electrons. The third-order valence-corrected chi connectivity index (χ3v) is 3.61. The van der Waals surface area contributed by atoms with Crippen LogP contribution in [-0.2, 0) is 9.53 Å². The van der Waals surface area contributed by atoms with Crippen molar-refractivity contribution in [3.63, 3.8) is 0 Å². The summed E-state index contributed by atoms with van der Waals surface area (Å²) in [7, 11) is 0. The van der Waals surface area contributed by atoms with E-state index in [-0.39, 0.29) is 12.2 Å². The fraction of sp³-hybridized carbons (Fsp3) is 0.0625. The molecule has 0 atom stereocenters. The molecule has 2 nitrogen and oxygen atoms in total. The van der Waals surface area contributed by atoms with Gasteiger partial charge in [-0.3, -0.25) is 4.79 Å². The highest BCUT2D eigenvalue weighted by atomic mass is 19.2. The van der Waals surface area contributed by atoms with Gasteiger partial charge in [0.15, 0.2) is 58.2 Å². The number of rotatable bonds is 4. The van der Waals surface area contributed by atoms with Gasteiger partial charge in [-0.2, -0.15) is 0 Å². The van der Waals surface area contributed by atoms with E-state index in [1.54, 1.807) is 0 Å². The number of hydrogen-bond acceptors (Lipinski definition) is 2. The van der Waals surface area contributed by atoms with Crippen LogP contribution in [0, 0.1) is 58.2 Å². The number of hydrogen-bond donors (Lipinski definition) is 0. The maximum atomic E-state index is 14.1. The average molecular weight is 430 g/mol. The summed E-state index contributed by atoms with van der Waals surface area (Å²) in [5, 5.41) is 0. The Morgan fingerprint density at radius 2 is 0.897 bits per heavy atom. The van der Waals surface area contributed by atoms with Crippen molar-refractivity contribution in [3.8, 4) is 0 Å². The van der Waals surface area contributed by atoms with Gasteiger partial charge in [-0.05, 0) is 0 Å². The Morgan fingerprint density at radius 3 is 1.17 bits per heavy atom. The standard InChI is InChI=1S/C16H5BF10O2/c1-4(28)29-3-2-17(5-7(18)11(22)15(26)12(23)8(5)19)6-9(20)13(24)16(27)14(25)10(6)21/h2-3H,1H3/b3-2+. The summed E-state index contributed by atoms with van der Waals surface area (Å²) in [5.74, 6) is -26.7. The molecule has 13 heteroatoms. The van der Waals surface area contributed by atoms with Crippen LogP contribution in [0.2, 0.25) is 0 Å². The molecule has 0 aliphatic rings. The molecule has 0 fully saturated rings. The highest BCUT2D eigenvalue weighted by molar-refractivity contribution is 6.89. The molecular formula is C16H5BF10O2. The monoisotopic (exact) mass is 430 g/mol. The smallest absolute Gasteiger partial charge is 0.307 e. The molecule has 2 rings (SSSR count). The first kappa shape index (κ1) is 22.3. The Bertz CT molecular complexity index is 910. The SMILES string of the molecule is CC(=O)O/C=C/B(c1c(F)c(F)c(F)c(F)c1F)c1c(F)c(F)c(F)c(F)c1F. The van der Waals surface area contributed by atoms with Crippen molar-refractivity contribution in [2.75, 3.05) is 0 Å². The van der Waals surface area contributed by atoms with Gasteiger partial charge in [0.25, 0.3) is 6.71 Å². The maximum absolute atomic E-state index is 14.1. The summed E-state index contributed by atoms with van der Waals surface area (Å²) < 4.78 is 141. The lowest BCUT2D eigenvalue weighted by molar-refractivity contribution is -0.135. The summed E-state index contributed by atoms with van der Waals surface area (Å²) in [6.45, 7) is -1.96. The van der Waals surface area contributed by atoms with Crippen molar-refractivity contribution in [2.24, 2.45) is 0 Å². The zero-order valence-electron chi connectivity index (χ0n) is 13.8. The van der Waals surface area contributed by atoms with Crippen LogP contribution in [0.5, 0.6) is 0 Å². The van der Waals surface area contributed by atoms with E-state index < -0.39 is 81.8 Å². The number of halogens is 10. The highest BCUT2D eigenvalue weighted by Gasteiger charge is 2.38. The Labute approximate surface area is 155 Å². The third kappa shape index (κ3) is 3.80. The van der Waals surface area contributed by atoms with Crippen LogP contribution in [-0.4, -0.2) is 12.7 Å². The van der Waals surface area contributed by atoms with Crippen LogP contribution < -0.4 is 10.9 Å². The topological polar surface area (TPSA) is 26.3 Å². The fourth-order valence-electron chi connectivity index (χ4n) is 2.34. The fourth-order valence-corrected chi connectivity index (χ4v) is 2.34. The molecule has 0 aliphatic heterocycles. The zero-order valence-corrected chi connectivity index (χ0v) is 13.8. The minimum absolute atomic E-state index is 0.179. The first-order valence-electron chi connectivity index (χ1n) is 7.28. The Balaban J connectivity index is 2.93. The van der Waals surface area contributed by atoms with Gasteiger partial charge in [-0.25, -0.2) is 43.9 Å². The summed E-state index contributed by atoms with van der Waals surface area (Å²) in [4.78, 5) is 10.8. The lowest BCUT2D eigenvalue weighted by atomic mass is 9.40. The van der Waals surface area contributed by atoms with E-state index in [4.69, 9.17) is 0 Å². The Morgan fingerprint density at radius 1 is 0.621 bits per heavy atom. The molecule has 0 aliphatic carbocycles. The minimum atomic E-state index is -2.76. The molecule has 0 saturated carbocycles. The summed E-state index contributed by atoms with van der Waals surface area (Å²) in [5.41, 5.74) is -3.87. The van der Waals surface area contributed by atoms with E-state index in [2.05, 4.69) is 4.74 Å². The number of ether oxygens (including phenoxy) is 1. The van der Waals surface area contributed by atoms with Gasteiger partial charge >= 0.3 is 5.97 Å². The van der Waals surface area contributed by atoms with Crippen molar-refractivity contribution in [1.82, 2.24) is 0 Å². The van der Waals surface area contributed by atoms with E-state index >= 15 is 0 Å². The van der Waals surface area contributed by atoms with Crippen molar-refractivity contribution < 1.29 is 53.4 Å². The van der Waals surface area contributed by atoms with E-state index in [1.807, 2.05) is 0 Å². The molecule has 2 aromatic rings. The van der Waals surface area contributed by atoms with Gasteiger partial charge in [0, 0.05) is 17.8 Å². The van der Waals surface area contributed by atoms with Crippen LogP contribution in [0.25, 0.3) is 0 Å². The van der Waals surface area contributed by atoms with Gasteiger partial charge in [0.2, 0.25) is 0 Å². The van der Waals surface area contributed by atoms with Crippen LogP contribution in [0.1, 0.15) is 6.92 Å². The van der Waals surface area contributed by atoms with Gasteiger partial charge in [0.1, 0.15) is 0 Å². The van der Waals surface area contributed by atoms with Crippen molar-refractivity contribution in [2.45, 2.75) is 6.92 Å². The van der Waals surface area contributed by atoms with E-state index in [0.717, 1.165) is 6.92 Å². The molecule has 154 valence electrons. The molecule has 0 unspecified atom stereocenters. The number of esters is 1. The minimum Gasteiger partial charge on any atom is -0.436 e. The largest absolute Gasteiger partial charge is 0.436 e. The van der Waals surface area contributed by atoms with Crippen molar-refractivity contribution >= 4 is 23.6 Å². The number of carbonyl (C=O) groups is 1. The predicted octanol–water partition coefficient (Wildman–Crippen LogP) is 3.30. The molecule has 0 aromatic heterocycles. The number of benzene rings is 2. The lowest BCUT2D eigenvalue weighted by Gasteiger charge is -2.16.